The number of aliphatic carboxylic acids is 1. The molecule has 0 spiro atoms. The van der Waals surface area contributed by atoms with Crippen molar-refractivity contribution < 1.29 is 14.7 Å². The summed E-state index contributed by atoms with van der Waals surface area (Å²) >= 11 is 3.41. The van der Waals surface area contributed by atoms with E-state index in [2.05, 4.69) is 26.6 Å². The topological polar surface area (TPSA) is 78.4 Å². The van der Waals surface area contributed by atoms with Crippen LogP contribution < -0.4 is 10.6 Å². The van der Waals surface area contributed by atoms with E-state index >= 15 is 0 Å². The number of carbonyl (C=O) groups excluding carboxylic acids is 1. The van der Waals surface area contributed by atoms with Gasteiger partial charge in [0.15, 0.2) is 0 Å². The van der Waals surface area contributed by atoms with E-state index in [1.165, 1.54) is 0 Å². The first-order chi connectivity index (χ1) is 9.99. The lowest BCUT2D eigenvalue weighted by atomic mass is 9.84. The van der Waals surface area contributed by atoms with Gasteiger partial charge in [0.25, 0.3) is 0 Å². The molecule has 114 valence electrons. The Morgan fingerprint density at radius 1 is 1.29 bits per heavy atom. The molecule has 5 nitrogen and oxygen atoms in total. The van der Waals surface area contributed by atoms with E-state index in [9.17, 15) is 14.7 Å². The second-order valence-electron chi connectivity index (χ2n) is 5.35. The van der Waals surface area contributed by atoms with Gasteiger partial charge in [-0.2, -0.15) is 0 Å². The summed E-state index contributed by atoms with van der Waals surface area (Å²) in [6, 6.07) is 4.90. The maximum atomic E-state index is 12.1. The van der Waals surface area contributed by atoms with E-state index in [0.29, 0.717) is 18.5 Å². The van der Waals surface area contributed by atoms with Gasteiger partial charge < -0.3 is 15.7 Å². The number of hydrogen-bond acceptors (Lipinski definition) is 2. The highest BCUT2D eigenvalue weighted by Gasteiger charge is 2.31. The summed E-state index contributed by atoms with van der Waals surface area (Å²) in [5.41, 5.74) is 1.65. The van der Waals surface area contributed by atoms with Gasteiger partial charge in [-0.25, -0.2) is 4.79 Å². The first-order valence-electron chi connectivity index (χ1n) is 7.04. The van der Waals surface area contributed by atoms with Crippen LogP contribution in [0.3, 0.4) is 0 Å². The standard InChI is InChI=1S/C15H19BrN2O3/c1-9-11(16)6-4-8-12(9)17-15(21)18-13-7-3-2-5-10(13)14(19)20/h4,6,8,10,13H,2-3,5,7H2,1H3,(H,19,20)(H2,17,18,21). The van der Waals surface area contributed by atoms with Crippen molar-refractivity contribution in [1.29, 1.82) is 0 Å². The van der Waals surface area contributed by atoms with Crippen molar-refractivity contribution in [3.63, 3.8) is 0 Å². The number of carboxylic acid groups (broad SMARTS) is 1. The van der Waals surface area contributed by atoms with Crippen LogP contribution in [0.2, 0.25) is 0 Å². The number of urea groups is 1. The predicted molar refractivity (Wildman–Crippen MR) is 84.4 cm³/mol. The summed E-state index contributed by atoms with van der Waals surface area (Å²) in [5, 5.41) is 14.8. The molecule has 2 amide bonds. The molecule has 1 fully saturated rings. The lowest BCUT2D eigenvalue weighted by molar-refractivity contribution is -0.143. The number of hydrogen-bond donors (Lipinski definition) is 3. The summed E-state index contributed by atoms with van der Waals surface area (Å²) in [6.07, 6.45) is 3.18. The molecule has 1 aromatic carbocycles. The number of anilines is 1. The van der Waals surface area contributed by atoms with Gasteiger partial charge in [-0.3, -0.25) is 4.79 Å². The summed E-state index contributed by atoms with van der Waals surface area (Å²) < 4.78 is 0.918. The molecular weight excluding hydrogens is 336 g/mol. The smallest absolute Gasteiger partial charge is 0.319 e. The number of amides is 2. The zero-order chi connectivity index (χ0) is 15.4. The maximum absolute atomic E-state index is 12.1. The zero-order valence-electron chi connectivity index (χ0n) is 11.9. The van der Waals surface area contributed by atoms with E-state index in [0.717, 1.165) is 22.9 Å². The molecule has 0 saturated heterocycles. The fraction of sp³-hybridized carbons (Fsp3) is 0.467. The third-order valence-electron chi connectivity index (χ3n) is 3.92. The van der Waals surface area contributed by atoms with Gasteiger partial charge in [-0.15, -0.1) is 0 Å². The molecule has 1 aliphatic rings. The Labute approximate surface area is 132 Å². The largest absolute Gasteiger partial charge is 0.481 e. The zero-order valence-corrected chi connectivity index (χ0v) is 13.4. The minimum Gasteiger partial charge on any atom is -0.481 e. The van der Waals surface area contributed by atoms with Crippen molar-refractivity contribution in [2.45, 2.75) is 38.6 Å². The first kappa shape index (κ1) is 15.8. The Bertz CT molecular complexity index is 548. The van der Waals surface area contributed by atoms with Crippen molar-refractivity contribution in [2.75, 3.05) is 5.32 Å². The molecule has 1 saturated carbocycles. The average molecular weight is 355 g/mol. The van der Waals surface area contributed by atoms with E-state index in [-0.39, 0.29) is 12.1 Å². The van der Waals surface area contributed by atoms with Crippen molar-refractivity contribution >= 4 is 33.6 Å². The molecule has 2 rings (SSSR count). The van der Waals surface area contributed by atoms with Gasteiger partial charge in [0.05, 0.1) is 5.92 Å². The highest BCUT2D eigenvalue weighted by atomic mass is 79.9. The van der Waals surface area contributed by atoms with E-state index < -0.39 is 11.9 Å². The van der Waals surface area contributed by atoms with Gasteiger partial charge in [-0.1, -0.05) is 34.8 Å². The van der Waals surface area contributed by atoms with Gasteiger partial charge in [0.1, 0.15) is 0 Å². The molecule has 21 heavy (non-hydrogen) atoms. The van der Waals surface area contributed by atoms with Crippen molar-refractivity contribution in [2.24, 2.45) is 5.92 Å². The van der Waals surface area contributed by atoms with Crippen LogP contribution >= 0.6 is 15.9 Å². The van der Waals surface area contributed by atoms with Crippen LogP contribution in [0.25, 0.3) is 0 Å². The SMILES string of the molecule is Cc1c(Br)cccc1NC(=O)NC1CCCCC1C(=O)O. The summed E-state index contributed by atoms with van der Waals surface area (Å²) in [4.78, 5) is 23.3. The third kappa shape index (κ3) is 3.97. The highest BCUT2D eigenvalue weighted by Crippen LogP contribution is 2.26. The number of rotatable bonds is 3. The van der Waals surface area contributed by atoms with Crippen LogP contribution in [0.15, 0.2) is 22.7 Å². The Balaban J connectivity index is 2.00. The fourth-order valence-electron chi connectivity index (χ4n) is 2.67. The minimum atomic E-state index is -0.835. The van der Waals surface area contributed by atoms with Crippen LogP contribution in [0.5, 0.6) is 0 Å². The molecule has 2 atom stereocenters. The maximum Gasteiger partial charge on any atom is 0.319 e. The van der Waals surface area contributed by atoms with Gasteiger partial charge >= 0.3 is 12.0 Å². The van der Waals surface area contributed by atoms with Gasteiger partial charge in [0, 0.05) is 16.2 Å². The van der Waals surface area contributed by atoms with E-state index in [4.69, 9.17) is 0 Å². The van der Waals surface area contributed by atoms with Gasteiger partial charge in [-0.05, 0) is 37.5 Å². The van der Waals surface area contributed by atoms with Crippen LogP contribution in [0, 0.1) is 12.8 Å². The number of carbonyl (C=O) groups is 2. The highest BCUT2D eigenvalue weighted by molar-refractivity contribution is 9.10. The molecule has 0 bridgehead atoms. The quantitative estimate of drug-likeness (QED) is 0.776. The Morgan fingerprint density at radius 3 is 2.71 bits per heavy atom. The second-order valence-corrected chi connectivity index (χ2v) is 6.20. The lowest BCUT2D eigenvalue weighted by Crippen LogP contribution is -2.46. The molecule has 6 heteroatoms. The van der Waals surface area contributed by atoms with E-state index in [1.54, 1.807) is 0 Å². The monoisotopic (exact) mass is 354 g/mol. The molecule has 0 aromatic heterocycles. The fourth-order valence-corrected chi connectivity index (χ4v) is 3.04. The molecular formula is C15H19BrN2O3. The Morgan fingerprint density at radius 2 is 2.00 bits per heavy atom. The molecule has 0 radical (unpaired) electrons. The normalized spacial score (nSPS) is 21.6. The minimum absolute atomic E-state index is 0.302. The van der Waals surface area contributed by atoms with Crippen molar-refractivity contribution in [1.82, 2.24) is 5.32 Å². The second kappa shape index (κ2) is 6.93. The van der Waals surface area contributed by atoms with Crippen molar-refractivity contribution in [3.05, 3.63) is 28.2 Å². The van der Waals surface area contributed by atoms with Crippen LogP contribution in [-0.4, -0.2) is 23.1 Å². The lowest BCUT2D eigenvalue weighted by Gasteiger charge is -2.29. The van der Waals surface area contributed by atoms with Crippen molar-refractivity contribution in [3.8, 4) is 0 Å². The number of halogens is 1. The van der Waals surface area contributed by atoms with Crippen LogP contribution in [-0.2, 0) is 4.79 Å². The molecule has 1 aliphatic carbocycles. The Hall–Kier alpha value is -1.56. The molecule has 0 heterocycles. The molecule has 1 aromatic rings. The predicted octanol–water partition coefficient (Wildman–Crippen LogP) is 3.52. The van der Waals surface area contributed by atoms with Gasteiger partial charge in [0.2, 0.25) is 0 Å². The summed E-state index contributed by atoms with van der Waals surface area (Å²) in [6.45, 7) is 1.90. The average Bonchev–Trinajstić information content (AvgIpc) is 2.44. The molecule has 2 unspecified atom stereocenters. The van der Waals surface area contributed by atoms with E-state index in [1.807, 2.05) is 25.1 Å². The third-order valence-corrected chi connectivity index (χ3v) is 4.77. The summed E-state index contributed by atoms with van der Waals surface area (Å²) in [7, 11) is 0. The Kier molecular flexibility index (Phi) is 5.22. The number of carboxylic acids is 1. The number of nitrogens with one attached hydrogen (secondary N) is 2. The number of benzene rings is 1. The molecule has 3 N–H and O–H groups in total. The molecule has 0 aliphatic heterocycles. The van der Waals surface area contributed by atoms with Crippen LogP contribution in [0.1, 0.15) is 31.2 Å². The summed E-state index contributed by atoms with van der Waals surface area (Å²) in [5.74, 6) is -1.33. The first-order valence-corrected chi connectivity index (χ1v) is 7.84. The van der Waals surface area contributed by atoms with Crippen LogP contribution in [0.4, 0.5) is 10.5 Å².